The van der Waals surface area contributed by atoms with Crippen LogP contribution in [0.4, 0.5) is 0 Å². The Morgan fingerprint density at radius 3 is 2.27 bits per heavy atom. The number of carbonyl (C=O) groups is 3. The minimum atomic E-state index is -0.433. The van der Waals surface area contributed by atoms with Gasteiger partial charge in [0.25, 0.3) is 0 Å². The summed E-state index contributed by atoms with van der Waals surface area (Å²) in [6.07, 6.45) is 8.51. The third-order valence-corrected chi connectivity index (χ3v) is 7.02. The molecule has 1 N–H and O–H groups in total. The van der Waals surface area contributed by atoms with Gasteiger partial charge in [0.05, 0.1) is 12.0 Å². The summed E-state index contributed by atoms with van der Waals surface area (Å²) in [6.45, 7) is 2.58. The molecule has 1 heterocycles. The Hall–Kier alpha value is -1.59. The summed E-state index contributed by atoms with van der Waals surface area (Å²) >= 11 is 0. The Balaban J connectivity index is 1.42. The number of esters is 1. The zero-order valence-electron chi connectivity index (χ0n) is 15.7. The van der Waals surface area contributed by atoms with Crippen molar-refractivity contribution in [2.75, 3.05) is 19.7 Å². The van der Waals surface area contributed by atoms with Crippen LogP contribution in [0.5, 0.6) is 0 Å². The van der Waals surface area contributed by atoms with Crippen molar-refractivity contribution in [2.45, 2.75) is 64.3 Å². The molecule has 0 aromatic carbocycles. The second-order valence-electron chi connectivity index (χ2n) is 8.88. The van der Waals surface area contributed by atoms with Gasteiger partial charge in [-0.3, -0.25) is 14.4 Å². The van der Waals surface area contributed by atoms with E-state index in [0.29, 0.717) is 37.3 Å². The molecule has 5 rings (SSSR count). The minimum absolute atomic E-state index is 0.122. The largest absolute Gasteiger partial charge is 0.465 e. The lowest BCUT2D eigenvalue weighted by Crippen LogP contribution is -2.57. The Morgan fingerprint density at radius 1 is 1.08 bits per heavy atom. The second kappa shape index (κ2) is 6.86. The standard InChI is InChI=1S/C20H30N2O4/c1-2-26-17(23)12-21-18(24)16-4-3-5-22(16)19(25)20-9-13-6-14(10-20)8-15(7-13)11-20/h13-16H,2-12H2,1H3,(H,21,24). The number of hydrogen-bond acceptors (Lipinski definition) is 4. The van der Waals surface area contributed by atoms with E-state index < -0.39 is 12.0 Å². The molecule has 6 heteroatoms. The van der Waals surface area contributed by atoms with E-state index in [-0.39, 0.29) is 23.8 Å². The lowest BCUT2D eigenvalue weighted by atomic mass is 9.49. The zero-order valence-corrected chi connectivity index (χ0v) is 15.7. The van der Waals surface area contributed by atoms with Gasteiger partial charge in [0.15, 0.2) is 0 Å². The summed E-state index contributed by atoms with van der Waals surface area (Å²) in [5.74, 6) is 1.70. The molecule has 1 aliphatic heterocycles. The fourth-order valence-corrected chi connectivity index (χ4v) is 6.45. The Morgan fingerprint density at radius 2 is 1.69 bits per heavy atom. The molecule has 1 saturated heterocycles. The molecule has 4 aliphatic carbocycles. The van der Waals surface area contributed by atoms with Crippen LogP contribution < -0.4 is 5.32 Å². The topological polar surface area (TPSA) is 75.7 Å². The predicted octanol–water partition coefficient (Wildman–Crippen LogP) is 1.87. The van der Waals surface area contributed by atoms with Gasteiger partial charge in [0.2, 0.25) is 11.8 Å². The second-order valence-corrected chi connectivity index (χ2v) is 8.88. The molecule has 2 amide bonds. The number of likely N-dealkylation sites (tertiary alicyclic amines) is 1. The van der Waals surface area contributed by atoms with Crippen molar-refractivity contribution in [1.29, 1.82) is 0 Å². The maximum absolute atomic E-state index is 13.5. The average Bonchev–Trinajstić information content (AvgIpc) is 3.07. The molecule has 6 nitrogen and oxygen atoms in total. The van der Waals surface area contributed by atoms with E-state index in [2.05, 4.69) is 5.32 Å². The summed E-state index contributed by atoms with van der Waals surface area (Å²) in [7, 11) is 0. The minimum Gasteiger partial charge on any atom is -0.465 e. The van der Waals surface area contributed by atoms with Crippen LogP contribution in [-0.4, -0.2) is 48.4 Å². The maximum atomic E-state index is 13.5. The average molecular weight is 362 g/mol. The van der Waals surface area contributed by atoms with E-state index >= 15 is 0 Å². The van der Waals surface area contributed by atoms with E-state index in [9.17, 15) is 14.4 Å². The van der Waals surface area contributed by atoms with Crippen LogP contribution in [0.3, 0.4) is 0 Å². The van der Waals surface area contributed by atoms with Crippen LogP contribution in [0.2, 0.25) is 0 Å². The fourth-order valence-electron chi connectivity index (χ4n) is 6.45. The van der Waals surface area contributed by atoms with E-state index in [1.807, 2.05) is 4.90 Å². The molecule has 5 aliphatic rings. The number of amides is 2. The molecule has 1 unspecified atom stereocenters. The molecular formula is C20H30N2O4. The first kappa shape index (κ1) is 17.8. The van der Waals surface area contributed by atoms with Crippen molar-refractivity contribution in [3.8, 4) is 0 Å². The van der Waals surface area contributed by atoms with Crippen molar-refractivity contribution in [3.63, 3.8) is 0 Å². The number of hydrogen-bond donors (Lipinski definition) is 1. The van der Waals surface area contributed by atoms with Gasteiger partial charge in [0, 0.05) is 6.54 Å². The number of nitrogens with one attached hydrogen (secondary N) is 1. The van der Waals surface area contributed by atoms with Gasteiger partial charge >= 0.3 is 5.97 Å². The molecule has 0 aromatic heterocycles. The van der Waals surface area contributed by atoms with Gasteiger partial charge < -0.3 is 15.0 Å². The fraction of sp³-hybridized carbons (Fsp3) is 0.850. The first-order chi connectivity index (χ1) is 12.5. The highest BCUT2D eigenvalue weighted by molar-refractivity contribution is 5.92. The summed E-state index contributed by atoms with van der Waals surface area (Å²) in [4.78, 5) is 39.4. The van der Waals surface area contributed by atoms with Gasteiger partial charge in [-0.25, -0.2) is 0 Å². The number of nitrogens with zero attached hydrogens (tertiary/aromatic N) is 1. The van der Waals surface area contributed by atoms with E-state index in [4.69, 9.17) is 4.74 Å². The summed E-state index contributed by atoms with van der Waals surface area (Å²) in [6, 6.07) is -0.426. The lowest BCUT2D eigenvalue weighted by Gasteiger charge is -2.56. The molecule has 0 spiro atoms. The summed E-state index contributed by atoms with van der Waals surface area (Å²) < 4.78 is 4.86. The quantitative estimate of drug-likeness (QED) is 0.758. The van der Waals surface area contributed by atoms with Crippen LogP contribution in [0, 0.1) is 23.2 Å². The SMILES string of the molecule is CCOC(=O)CNC(=O)C1CCCN1C(=O)C12CC3CC(CC(C3)C1)C2. The van der Waals surface area contributed by atoms with Crippen LogP contribution in [0.15, 0.2) is 0 Å². The number of rotatable bonds is 5. The molecule has 0 radical (unpaired) electrons. The highest BCUT2D eigenvalue weighted by Gasteiger charge is 2.56. The van der Waals surface area contributed by atoms with Crippen molar-refractivity contribution in [3.05, 3.63) is 0 Å². The Labute approximate surface area is 155 Å². The maximum Gasteiger partial charge on any atom is 0.325 e. The van der Waals surface area contributed by atoms with Gasteiger partial charge in [-0.2, -0.15) is 0 Å². The van der Waals surface area contributed by atoms with Crippen molar-refractivity contribution in [1.82, 2.24) is 10.2 Å². The number of carbonyl (C=O) groups excluding carboxylic acids is 3. The molecule has 4 bridgehead atoms. The Kier molecular flexibility index (Phi) is 4.70. The van der Waals surface area contributed by atoms with E-state index in [1.165, 1.54) is 19.3 Å². The monoisotopic (exact) mass is 362 g/mol. The van der Waals surface area contributed by atoms with Gasteiger partial charge in [-0.1, -0.05) is 0 Å². The molecule has 4 saturated carbocycles. The smallest absolute Gasteiger partial charge is 0.325 e. The lowest BCUT2D eigenvalue weighted by molar-refractivity contribution is -0.160. The van der Waals surface area contributed by atoms with E-state index in [1.54, 1.807) is 6.92 Å². The highest BCUT2D eigenvalue weighted by atomic mass is 16.5. The molecule has 1 atom stereocenters. The van der Waals surface area contributed by atoms with Crippen LogP contribution >= 0.6 is 0 Å². The molecule has 144 valence electrons. The first-order valence-electron chi connectivity index (χ1n) is 10.2. The van der Waals surface area contributed by atoms with Crippen molar-refractivity contribution < 1.29 is 19.1 Å². The third-order valence-electron chi connectivity index (χ3n) is 7.02. The summed E-state index contributed by atoms with van der Waals surface area (Å²) in [5, 5.41) is 2.66. The third kappa shape index (κ3) is 3.12. The molecule has 26 heavy (non-hydrogen) atoms. The number of ether oxygens (including phenoxy) is 1. The van der Waals surface area contributed by atoms with Gasteiger partial charge in [-0.05, 0) is 76.0 Å². The van der Waals surface area contributed by atoms with E-state index in [0.717, 1.165) is 25.7 Å². The van der Waals surface area contributed by atoms with Crippen molar-refractivity contribution in [2.24, 2.45) is 23.2 Å². The van der Waals surface area contributed by atoms with Crippen molar-refractivity contribution >= 4 is 17.8 Å². The zero-order chi connectivity index (χ0) is 18.3. The highest BCUT2D eigenvalue weighted by Crippen LogP contribution is 2.60. The van der Waals surface area contributed by atoms with Crippen LogP contribution in [-0.2, 0) is 19.1 Å². The normalized spacial score (nSPS) is 37.7. The molecule has 5 fully saturated rings. The van der Waals surface area contributed by atoms with Crippen LogP contribution in [0.25, 0.3) is 0 Å². The van der Waals surface area contributed by atoms with Crippen LogP contribution in [0.1, 0.15) is 58.3 Å². The van der Waals surface area contributed by atoms with Gasteiger partial charge in [0.1, 0.15) is 12.6 Å². The summed E-state index contributed by atoms with van der Waals surface area (Å²) in [5.41, 5.74) is -0.210. The molecular weight excluding hydrogens is 332 g/mol. The van der Waals surface area contributed by atoms with Gasteiger partial charge in [-0.15, -0.1) is 0 Å². The Bertz CT molecular complexity index is 567. The first-order valence-corrected chi connectivity index (χ1v) is 10.2. The predicted molar refractivity (Wildman–Crippen MR) is 95.0 cm³/mol. The molecule has 0 aromatic rings.